The maximum absolute atomic E-state index is 11.8. The molecule has 0 saturated carbocycles. The molecule has 0 unspecified atom stereocenters. The Balaban J connectivity index is 1.51. The number of hydrogen-bond donors (Lipinski definition) is 1. The number of rotatable bonds is 5. The van der Waals surface area contributed by atoms with Gasteiger partial charge >= 0.3 is 5.97 Å². The minimum atomic E-state index is -3.07. The van der Waals surface area contributed by atoms with Gasteiger partial charge in [0, 0.05) is 27.1 Å². The van der Waals surface area contributed by atoms with Crippen molar-refractivity contribution in [2.45, 2.75) is 12.5 Å². The smallest absolute Gasteiger partial charge is 0.331 e. The summed E-state index contributed by atoms with van der Waals surface area (Å²) in [6, 6.07) is 7.22. The molecule has 0 radical (unpaired) electrons. The summed E-state index contributed by atoms with van der Waals surface area (Å²) in [6.45, 7) is -0.458. The van der Waals surface area contributed by atoms with Crippen molar-refractivity contribution in [2.75, 3.05) is 18.1 Å². The summed E-state index contributed by atoms with van der Waals surface area (Å²) >= 11 is 7.73. The van der Waals surface area contributed by atoms with Crippen LogP contribution in [-0.2, 0) is 24.2 Å². The Morgan fingerprint density at radius 1 is 1.35 bits per heavy atom. The quantitative estimate of drug-likeness (QED) is 0.600. The molecule has 3 rings (SSSR count). The lowest BCUT2D eigenvalue weighted by Gasteiger charge is -2.10. The molecule has 6 nitrogen and oxygen atoms in total. The molecule has 0 spiro atoms. The highest BCUT2D eigenvalue weighted by Gasteiger charge is 2.28. The largest absolute Gasteiger partial charge is 0.452 e. The minimum Gasteiger partial charge on any atom is -0.452 e. The van der Waals surface area contributed by atoms with Gasteiger partial charge in [0.1, 0.15) is 0 Å². The number of esters is 1. The van der Waals surface area contributed by atoms with Gasteiger partial charge in [0.05, 0.1) is 16.5 Å². The van der Waals surface area contributed by atoms with Gasteiger partial charge in [-0.3, -0.25) is 4.79 Å². The van der Waals surface area contributed by atoms with Crippen LogP contribution in [0.15, 0.2) is 30.3 Å². The summed E-state index contributed by atoms with van der Waals surface area (Å²) in [5.74, 6) is -1.20. The monoisotopic (exact) mass is 413 g/mol. The average Bonchev–Trinajstić information content (AvgIpc) is 3.10. The van der Waals surface area contributed by atoms with E-state index >= 15 is 0 Å². The second kappa shape index (κ2) is 7.77. The SMILES string of the molecule is O=C(COC(=O)/C=C/c1sc2ccccc2c1Cl)N[C@H]1CCS(=O)(=O)C1. The maximum atomic E-state index is 11.8. The highest BCUT2D eigenvalue weighted by molar-refractivity contribution is 7.91. The normalized spacial score (nSPS) is 19.0. The van der Waals surface area contributed by atoms with E-state index < -0.39 is 34.4 Å². The van der Waals surface area contributed by atoms with Crippen LogP contribution in [0.1, 0.15) is 11.3 Å². The second-order valence-corrected chi connectivity index (χ2v) is 9.58. The van der Waals surface area contributed by atoms with Crippen LogP contribution in [-0.4, -0.2) is 44.4 Å². The van der Waals surface area contributed by atoms with Gasteiger partial charge in [0.2, 0.25) is 0 Å². The summed E-state index contributed by atoms with van der Waals surface area (Å²) in [5.41, 5.74) is 0. The number of thiophene rings is 1. The number of fused-ring (bicyclic) bond motifs is 1. The fraction of sp³-hybridized carbons (Fsp3) is 0.294. The lowest BCUT2D eigenvalue weighted by molar-refractivity contribution is -0.143. The number of ether oxygens (including phenoxy) is 1. The van der Waals surface area contributed by atoms with Crippen molar-refractivity contribution in [2.24, 2.45) is 0 Å². The Morgan fingerprint density at radius 3 is 2.81 bits per heavy atom. The zero-order chi connectivity index (χ0) is 18.7. The summed E-state index contributed by atoms with van der Waals surface area (Å²) in [7, 11) is -3.07. The molecule has 26 heavy (non-hydrogen) atoms. The molecule has 1 atom stereocenters. The Labute approximate surface area is 159 Å². The van der Waals surface area contributed by atoms with E-state index in [0.717, 1.165) is 15.0 Å². The molecule has 138 valence electrons. The molecule has 2 heterocycles. The average molecular weight is 414 g/mol. The molecule has 1 aromatic heterocycles. The molecule has 1 N–H and O–H groups in total. The fourth-order valence-electron chi connectivity index (χ4n) is 2.65. The number of benzene rings is 1. The number of halogens is 1. The van der Waals surface area contributed by atoms with Crippen molar-refractivity contribution in [3.05, 3.63) is 40.2 Å². The number of amides is 1. The molecular formula is C17H16ClNO5S2. The van der Waals surface area contributed by atoms with Gasteiger partial charge < -0.3 is 10.1 Å². The molecule has 9 heteroatoms. The molecule has 0 bridgehead atoms. The van der Waals surface area contributed by atoms with Crippen molar-refractivity contribution in [1.82, 2.24) is 5.32 Å². The van der Waals surface area contributed by atoms with Crippen molar-refractivity contribution in [1.29, 1.82) is 0 Å². The highest BCUT2D eigenvalue weighted by atomic mass is 35.5. The first-order valence-corrected chi connectivity index (χ1v) is 10.9. The first kappa shape index (κ1) is 18.9. The lowest BCUT2D eigenvalue weighted by Crippen LogP contribution is -2.38. The van der Waals surface area contributed by atoms with E-state index in [2.05, 4.69) is 5.32 Å². The Kier molecular flexibility index (Phi) is 5.64. The summed E-state index contributed by atoms with van der Waals surface area (Å²) in [5, 5.41) is 4.03. The first-order chi connectivity index (χ1) is 12.3. The predicted octanol–water partition coefficient (Wildman–Crippen LogP) is 2.41. The standard InChI is InChI=1S/C17H16ClNO5S2/c18-17-12-3-1-2-4-13(12)25-14(17)5-6-16(21)24-9-15(20)19-11-7-8-26(22,23)10-11/h1-6,11H,7-10H2,(H,19,20)/b6-5+/t11-/m0/s1. The molecule has 1 amide bonds. The first-order valence-electron chi connectivity index (χ1n) is 7.86. The summed E-state index contributed by atoms with van der Waals surface area (Å²) in [6.07, 6.45) is 3.15. The van der Waals surface area contributed by atoms with E-state index in [-0.39, 0.29) is 11.5 Å². The number of nitrogens with one attached hydrogen (secondary N) is 1. The summed E-state index contributed by atoms with van der Waals surface area (Å²) < 4.78 is 28.6. The third-order valence-corrected chi connectivity index (χ3v) is 7.30. The lowest BCUT2D eigenvalue weighted by atomic mass is 10.2. The van der Waals surface area contributed by atoms with E-state index in [1.54, 1.807) is 6.08 Å². The molecule has 1 aliphatic heterocycles. The Bertz CT molecular complexity index is 980. The molecule has 1 saturated heterocycles. The van der Waals surface area contributed by atoms with Crippen LogP contribution in [0.5, 0.6) is 0 Å². The van der Waals surface area contributed by atoms with Gasteiger partial charge in [-0.25, -0.2) is 13.2 Å². The fourth-order valence-corrected chi connectivity index (χ4v) is 5.72. The predicted molar refractivity (Wildman–Crippen MR) is 102 cm³/mol. The van der Waals surface area contributed by atoms with Gasteiger partial charge in [-0.2, -0.15) is 0 Å². The molecular weight excluding hydrogens is 398 g/mol. The number of hydrogen-bond acceptors (Lipinski definition) is 6. The third-order valence-electron chi connectivity index (χ3n) is 3.87. The topological polar surface area (TPSA) is 89.5 Å². The zero-order valence-corrected chi connectivity index (χ0v) is 16.0. The Hall–Kier alpha value is -1.90. The van der Waals surface area contributed by atoms with Crippen molar-refractivity contribution >= 4 is 60.8 Å². The van der Waals surface area contributed by atoms with Gasteiger partial charge in [-0.15, -0.1) is 11.3 Å². The molecule has 1 fully saturated rings. The molecule has 0 aliphatic carbocycles. The minimum absolute atomic E-state index is 0.0659. The maximum Gasteiger partial charge on any atom is 0.331 e. The van der Waals surface area contributed by atoms with Gasteiger partial charge in [0.25, 0.3) is 5.91 Å². The molecule has 1 aromatic carbocycles. The third kappa shape index (κ3) is 4.63. The van der Waals surface area contributed by atoms with E-state index in [1.807, 2.05) is 24.3 Å². The summed E-state index contributed by atoms with van der Waals surface area (Å²) in [4.78, 5) is 24.2. The molecule has 2 aromatic rings. The van der Waals surface area contributed by atoms with Crippen molar-refractivity contribution in [3.8, 4) is 0 Å². The van der Waals surface area contributed by atoms with Crippen LogP contribution in [0.3, 0.4) is 0 Å². The highest BCUT2D eigenvalue weighted by Crippen LogP contribution is 2.35. The van der Waals surface area contributed by atoms with Crippen LogP contribution in [0.25, 0.3) is 16.2 Å². The van der Waals surface area contributed by atoms with Gasteiger partial charge in [-0.05, 0) is 18.6 Å². The van der Waals surface area contributed by atoms with E-state index in [4.69, 9.17) is 16.3 Å². The van der Waals surface area contributed by atoms with Crippen LogP contribution in [0.2, 0.25) is 5.02 Å². The van der Waals surface area contributed by atoms with Crippen LogP contribution >= 0.6 is 22.9 Å². The van der Waals surface area contributed by atoms with Crippen LogP contribution in [0.4, 0.5) is 0 Å². The van der Waals surface area contributed by atoms with Crippen molar-refractivity contribution in [3.63, 3.8) is 0 Å². The Morgan fingerprint density at radius 2 is 2.12 bits per heavy atom. The van der Waals surface area contributed by atoms with Gasteiger partial charge in [-0.1, -0.05) is 29.8 Å². The second-order valence-electron chi connectivity index (χ2n) is 5.88. The van der Waals surface area contributed by atoms with E-state index in [1.165, 1.54) is 17.4 Å². The van der Waals surface area contributed by atoms with E-state index in [0.29, 0.717) is 11.4 Å². The van der Waals surface area contributed by atoms with Crippen molar-refractivity contribution < 1.29 is 22.7 Å². The van der Waals surface area contributed by atoms with Crippen LogP contribution < -0.4 is 5.32 Å². The number of carbonyl (C=O) groups excluding carboxylic acids is 2. The number of carbonyl (C=O) groups is 2. The number of sulfone groups is 1. The molecule has 1 aliphatic rings. The zero-order valence-electron chi connectivity index (χ0n) is 13.6. The van der Waals surface area contributed by atoms with E-state index in [9.17, 15) is 18.0 Å². The van der Waals surface area contributed by atoms with Crippen LogP contribution in [0, 0.1) is 0 Å². The van der Waals surface area contributed by atoms with Gasteiger partial charge in [0.15, 0.2) is 16.4 Å².